The highest BCUT2D eigenvalue weighted by atomic mass is 35.5. The van der Waals surface area contributed by atoms with Gasteiger partial charge in [-0.25, -0.2) is 0 Å². The number of carbonyl (C=O) groups is 2. The minimum absolute atomic E-state index is 0. The number of carbonyl (C=O) groups excluding carboxylic acids is 2. The molecular weight excluding hydrogens is 377 g/mol. The molecule has 1 fully saturated rings. The number of para-hydroxylation sites is 1. The Morgan fingerprint density at radius 1 is 1.27 bits per heavy atom. The van der Waals surface area contributed by atoms with E-state index in [0.29, 0.717) is 36.7 Å². The van der Waals surface area contributed by atoms with Crippen LogP contribution in [-0.2, 0) is 9.59 Å². The molecule has 2 rings (SSSR count). The maximum absolute atomic E-state index is 12.5. The lowest BCUT2D eigenvalue weighted by Crippen LogP contribution is -2.49. The third kappa shape index (κ3) is 7.02. The van der Waals surface area contributed by atoms with Gasteiger partial charge in [0.2, 0.25) is 11.8 Å². The molecule has 1 aromatic carbocycles. The van der Waals surface area contributed by atoms with Crippen LogP contribution in [0.5, 0.6) is 5.75 Å². The number of nitrogens with one attached hydrogen (secondary N) is 1. The van der Waals surface area contributed by atoms with E-state index in [0.717, 1.165) is 25.8 Å². The van der Waals surface area contributed by atoms with Crippen LogP contribution in [0.2, 0.25) is 5.02 Å². The molecule has 1 aliphatic heterocycles. The van der Waals surface area contributed by atoms with Crippen LogP contribution < -0.4 is 15.8 Å². The number of rotatable bonds is 8. The second-order valence-electron chi connectivity index (χ2n) is 6.11. The fourth-order valence-electron chi connectivity index (χ4n) is 2.95. The number of nitrogens with two attached hydrogens (primary N) is 1. The summed E-state index contributed by atoms with van der Waals surface area (Å²) in [6, 6.07) is 7.25. The molecule has 0 aliphatic carbocycles. The number of ether oxygens (including phenoxy) is 1. The lowest BCUT2D eigenvalue weighted by atomic mass is 10.0. The molecule has 26 heavy (non-hydrogen) atoms. The molecule has 0 saturated carbocycles. The lowest BCUT2D eigenvalue weighted by Gasteiger charge is -2.36. The van der Waals surface area contributed by atoms with Gasteiger partial charge in [0.1, 0.15) is 5.75 Å². The van der Waals surface area contributed by atoms with Crippen molar-refractivity contribution in [1.29, 1.82) is 0 Å². The minimum atomic E-state index is -0.0671. The summed E-state index contributed by atoms with van der Waals surface area (Å²) in [6.07, 6.45) is 3.56. The minimum Gasteiger partial charge on any atom is -0.491 e. The van der Waals surface area contributed by atoms with E-state index in [1.807, 2.05) is 17.0 Å². The van der Waals surface area contributed by atoms with E-state index < -0.39 is 0 Å². The summed E-state index contributed by atoms with van der Waals surface area (Å²) in [5.74, 6) is 0.563. The predicted molar refractivity (Wildman–Crippen MR) is 105 cm³/mol. The zero-order valence-electron chi connectivity index (χ0n) is 14.8. The van der Waals surface area contributed by atoms with E-state index in [9.17, 15) is 9.59 Å². The van der Waals surface area contributed by atoms with Crippen LogP contribution in [0.25, 0.3) is 0 Å². The topological polar surface area (TPSA) is 84.7 Å². The fourth-order valence-corrected chi connectivity index (χ4v) is 3.14. The Morgan fingerprint density at radius 2 is 2.04 bits per heavy atom. The molecule has 0 bridgehead atoms. The highest BCUT2D eigenvalue weighted by Gasteiger charge is 2.26. The predicted octanol–water partition coefficient (Wildman–Crippen LogP) is 2.38. The maximum Gasteiger partial charge on any atom is 0.226 e. The highest BCUT2D eigenvalue weighted by Crippen LogP contribution is 2.23. The van der Waals surface area contributed by atoms with Crippen molar-refractivity contribution < 1.29 is 14.3 Å². The van der Waals surface area contributed by atoms with Crippen LogP contribution >= 0.6 is 24.0 Å². The summed E-state index contributed by atoms with van der Waals surface area (Å²) >= 11 is 6.04. The Balaban J connectivity index is 0.00000338. The third-order valence-corrected chi connectivity index (χ3v) is 4.58. The Labute approximate surface area is 165 Å². The zero-order valence-corrected chi connectivity index (χ0v) is 16.4. The second kappa shape index (κ2) is 12.0. The van der Waals surface area contributed by atoms with Gasteiger partial charge in [-0.2, -0.15) is 0 Å². The van der Waals surface area contributed by atoms with E-state index in [2.05, 4.69) is 5.32 Å². The molecular formula is C18H27Cl2N3O3. The van der Waals surface area contributed by atoms with E-state index in [4.69, 9.17) is 22.1 Å². The van der Waals surface area contributed by atoms with Crippen LogP contribution in [0.15, 0.2) is 24.3 Å². The number of piperidine rings is 1. The van der Waals surface area contributed by atoms with Gasteiger partial charge in [-0.15, -0.1) is 12.4 Å². The van der Waals surface area contributed by atoms with Gasteiger partial charge in [-0.3, -0.25) is 9.59 Å². The number of amides is 2. The molecule has 6 nitrogen and oxygen atoms in total. The van der Waals surface area contributed by atoms with Crippen LogP contribution in [0.3, 0.4) is 0 Å². The smallest absolute Gasteiger partial charge is 0.226 e. The first-order valence-electron chi connectivity index (χ1n) is 8.75. The van der Waals surface area contributed by atoms with Gasteiger partial charge >= 0.3 is 0 Å². The summed E-state index contributed by atoms with van der Waals surface area (Å²) in [6.45, 7) is 1.82. The number of hydrogen-bond acceptors (Lipinski definition) is 4. The standard InChI is InChI=1S/C18H26ClN3O3.ClH/c19-15-6-1-2-7-16(15)25-12-9-18(24)22-11-4-3-5-14(22)13-21-17(23)8-10-20;/h1-2,6-7,14H,3-5,8-13,20H2,(H,21,23);1H. The number of nitrogens with zero attached hydrogens (tertiary/aromatic N) is 1. The van der Waals surface area contributed by atoms with E-state index in [1.165, 1.54) is 0 Å². The van der Waals surface area contributed by atoms with Crippen molar-refractivity contribution in [2.45, 2.75) is 38.1 Å². The number of hydrogen-bond donors (Lipinski definition) is 2. The number of benzene rings is 1. The van der Waals surface area contributed by atoms with Crippen molar-refractivity contribution in [3.63, 3.8) is 0 Å². The quantitative estimate of drug-likeness (QED) is 0.697. The van der Waals surface area contributed by atoms with Crippen LogP contribution in [0.4, 0.5) is 0 Å². The molecule has 0 radical (unpaired) electrons. The van der Waals surface area contributed by atoms with Gasteiger partial charge in [0.05, 0.1) is 18.1 Å². The Morgan fingerprint density at radius 3 is 2.77 bits per heavy atom. The van der Waals surface area contributed by atoms with Crippen molar-refractivity contribution in [3.05, 3.63) is 29.3 Å². The first kappa shape index (κ1) is 22.5. The molecule has 1 heterocycles. The molecule has 8 heteroatoms. The first-order chi connectivity index (χ1) is 12.1. The van der Waals surface area contributed by atoms with Gasteiger partial charge in [0.15, 0.2) is 0 Å². The van der Waals surface area contributed by atoms with E-state index in [1.54, 1.807) is 12.1 Å². The van der Waals surface area contributed by atoms with Gasteiger partial charge < -0.3 is 20.7 Å². The largest absolute Gasteiger partial charge is 0.491 e. The molecule has 1 atom stereocenters. The van der Waals surface area contributed by atoms with Gasteiger partial charge in [0.25, 0.3) is 0 Å². The average Bonchev–Trinajstić information content (AvgIpc) is 2.62. The number of likely N-dealkylation sites (tertiary alicyclic amines) is 1. The monoisotopic (exact) mass is 403 g/mol. The van der Waals surface area contributed by atoms with Crippen molar-refractivity contribution >= 4 is 35.8 Å². The Kier molecular flexibility index (Phi) is 10.4. The van der Waals surface area contributed by atoms with Gasteiger partial charge in [0, 0.05) is 32.1 Å². The average molecular weight is 404 g/mol. The molecule has 3 N–H and O–H groups in total. The zero-order chi connectivity index (χ0) is 18.1. The second-order valence-corrected chi connectivity index (χ2v) is 6.52. The molecule has 0 aromatic heterocycles. The van der Waals surface area contributed by atoms with Crippen LogP contribution in [0, 0.1) is 0 Å². The van der Waals surface area contributed by atoms with Gasteiger partial charge in [-0.05, 0) is 31.4 Å². The molecule has 1 aliphatic rings. The Hall–Kier alpha value is -1.50. The SMILES string of the molecule is Cl.NCCC(=O)NCC1CCCCN1C(=O)CCOc1ccccc1Cl. The summed E-state index contributed by atoms with van der Waals surface area (Å²) in [4.78, 5) is 26.0. The highest BCUT2D eigenvalue weighted by molar-refractivity contribution is 6.32. The van der Waals surface area contributed by atoms with Crippen molar-refractivity contribution in [1.82, 2.24) is 10.2 Å². The molecule has 1 aromatic rings. The van der Waals surface area contributed by atoms with E-state index >= 15 is 0 Å². The third-order valence-electron chi connectivity index (χ3n) is 4.26. The molecule has 1 unspecified atom stereocenters. The maximum atomic E-state index is 12.5. The normalized spacial score (nSPS) is 16.5. The molecule has 2 amide bonds. The summed E-state index contributed by atoms with van der Waals surface area (Å²) in [7, 11) is 0. The van der Waals surface area contributed by atoms with Crippen molar-refractivity contribution in [3.8, 4) is 5.75 Å². The lowest BCUT2D eigenvalue weighted by molar-refractivity contribution is -0.136. The Bertz CT molecular complexity index is 587. The van der Waals surface area contributed by atoms with Crippen molar-refractivity contribution in [2.75, 3.05) is 26.2 Å². The van der Waals surface area contributed by atoms with Crippen LogP contribution in [0.1, 0.15) is 32.1 Å². The molecule has 0 spiro atoms. The molecule has 146 valence electrons. The molecule has 1 saturated heterocycles. The number of halogens is 2. The van der Waals surface area contributed by atoms with Crippen molar-refractivity contribution in [2.24, 2.45) is 5.73 Å². The summed E-state index contributed by atoms with van der Waals surface area (Å²) in [5, 5.41) is 3.40. The summed E-state index contributed by atoms with van der Waals surface area (Å²) < 4.78 is 5.60. The van der Waals surface area contributed by atoms with Crippen LogP contribution in [-0.4, -0.2) is 49.0 Å². The summed E-state index contributed by atoms with van der Waals surface area (Å²) in [5.41, 5.74) is 5.38. The van der Waals surface area contributed by atoms with E-state index in [-0.39, 0.29) is 36.9 Å². The fraction of sp³-hybridized carbons (Fsp3) is 0.556. The van der Waals surface area contributed by atoms with Gasteiger partial charge in [-0.1, -0.05) is 23.7 Å². The first-order valence-corrected chi connectivity index (χ1v) is 9.13.